The Kier molecular flexibility index (Phi) is 8.78. The van der Waals surface area contributed by atoms with Crippen LogP contribution in [0.1, 0.15) is 48.3 Å². The molecule has 1 heterocycles. The fourth-order valence-corrected chi connectivity index (χ4v) is 3.24. The van der Waals surface area contributed by atoms with Crippen molar-refractivity contribution in [1.29, 1.82) is 0 Å². The molecule has 3 N–H and O–H groups in total. The zero-order valence-corrected chi connectivity index (χ0v) is 16.9. The topological polar surface area (TPSA) is 83.6 Å². The van der Waals surface area contributed by atoms with E-state index in [4.69, 9.17) is 15.6 Å². The van der Waals surface area contributed by atoms with Gasteiger partial charge >= 0.3 is 12.1 Å². The number of hydrogen-bond acceptors (Lipinski definition) is 4. The summed E-state index contributed by atoms with van der Waals surface area (Å²) < 4.78 is 45.9. The number of carboxylic acids is 1. The van der Waals surface area contributed by atoms with E-state index in [-0.39, 0.29) is 23.5 Å². The SMILES string of the molecule is CC(C)N(Cc1ccc(C(N)=O)cc1F)C(C)c1ccsc1.O=C(O)C(F)(F)F. The number of nitrogens with two attached hydrogens (primary N) is 1. The molecule has 0 bridgehead atoms. The molecule has 160 valence electrons. The van der Waals surface area contributed by atoms with Crippen LogP contribution in [0.15, 0.2) is 35.0 Å². The molecule has 0 aliphatic heterocycles. The summed E-state index contributed by atoms with van der Waals surface area (Å²) >= 11 is 1.66. The number of halogens is 4. The van der Waals surface area contributed by atoms with Crippen LogP contribution in [-0.2, 0) is 11.3 Å². The number of primary amides is 1. The molecule has 0 spiro atoms. The maximum absolute atomic E-state index is 14.2. The molecular formula is C19H22F4N2O3S. The first-order valence-corrected chi connectivity index (χ1v) is 9.45. The Balaban J connectivity index is 0.000000516. The summed E-state index contributed by atoms with van der Waals surface area (Å²) in [5.41, 5.74) is 7.18. The Labute approximate surface area is 169 Å². The third-order valence-corrected chi connectivity index (χ3v) is 4.82. The molecule has 0 fully saturated rings. The molecule has 1 aromatic carbocycles. The number of thiophene rings is 1. The molecule has 0 aliphatic rings. The number of alkyl halides is 3. The van der Waals surface area contributed by atoms with Crippen LogP contribution in [-0.4, -0.2) is 34.1 Å². The minimum Gasteiger partial charge on any atom is -0.475 e. The second-order valence-electron chi connectivity index (χ2n) is 6.47. The predicted octanol–water partition coefficient (Wildman–Crippen LogP) is 4.59. The van der Waals surface area contributed by atoms with Gasteiger partial charge in [-0.05, 0) is 55.3 Å². The molecule has 1 atom stereocenters. The van der Waals surface area contributed by atoms with E-state index < -0.39 is 18.1 Å². The summed E-state index contributed by atoms with van der Waals surface area (Å²) in [6.07, 6.45) is -5.08. The summed E-state index contributed by atoms with van der Waals surface area (Å²) in [7, 11) is 0. The van der Waals surface area contributed by atoms with E-state index in [1.807, 2.05) is 5.38 Å². The van der Waals surface area contributed by atoms with E-state index in [0.717, 1.165) is 0 Å². The summed E-state index contributed by atoms with van der Waals surface area (Å²) in [4.78, 5) is 22.2. The van der Waals surface area contributed by atoms with Gasteiger partial charge in [0.1, 0.15) is 5.82 Å². The minimum absolute atomic E-state index is 0.196. The van der Waals surface area contributed by atoms with Crippen molar-refractivity contribution in [1.82, 2.24) is 4.90 Å². The van der Waals surface area contributed by atoms with Crippen LogP contribution in [0, 0.1) is 5.82 Å². The molecule has 10 heteroatoms. The second-order valence-corrected chi connectivity index (χ2v) is 7.25. The first kappa shape index (κ1) is 24.6. The highest BCUT2D eigenvalue weighted by atomic mass is 32.1. The van der Waals surface area contributed by atoms with Crippen LogP contribution >= 0.6 is 11.3 Å². The molecule has 0 saturated heterocycles. The van der Waals surface area contributed by atoms with Crippen molar-refractivity contribution in [2.75, 3.05) is 0 Å². The number of hydrogen-bond donors (Lipinski definition) is 2. The number of carbonyl (C=O) groups is 2. The predicted molar refractivity (Wildman–Crippen MR) is 102 cm³/mol. The molecule has 1 amide bonds. The van der Waals surface area contributed by atoms with Crippen LogP contribution in [0.5, 0.6) is 0 Å². The molecule has 1 unspecified atom stereocenters. The highest BCUT2D eigenvalue weighted by molar-refractivity contribution is 7.07. The molecule has 0 aliphatic carbocycles. The monoisotopic (exact) mass is 434 g/mol. The fourth-order valence-electron chi connectivity index (χ4n) is 2.50. The maximum atomic E-state index is 14.2. The minimum atomic E-state index is -5.08. The van der Waals surface area contributed by atoms with Crippen molar-refractivity contribution in [3.63, 3.8) is 0 Å². The largest absolute Gasteiger partial charge is 0.490 e. The van der Waals surface area contributed by atoms with Crippen LogP contribution in [0.4, 0.5) is 17.6 Å². The lowest BCUT2D eigenvalue weighted by molar-refractivity contribution is -0.192. The number of benzene rings is 1. The van der Waals surface area contributed by atoms with Crippen LogP contribution in [0.2, 0.25) is 0 Å². The summed E-state index contributed by atoms with van der Waals surface area (Å²) in [5.74, 6) is -3.76. The Morgan fingerprint density at radius 1 is 1.21 bits per heavy atom. The number of aliphatic carboxylic acids is 1. The Bertz CT molecular complexity index is 823. The molecule has 1 aromatic heterocycles. The first-order valence-electron chi connectivity index (χ1n) is 8.50. The Morgan fingerprint density at radius 2 is 1.79 bits per heavy atom. The van der Waals surface area contributed by atoms with E-state index in [1.165, 1.54) is 11.6 Å². The molecule has 2 rings (SSSR count). The number of nitrogens with zero attached hydrogens (tertiary/aromatic N) is 1. The first-order chi connectivity index (χ1) is 13.3. The van der Waals surface area contributed by atoms with Crippen molar-refractivity contribution in [2.24, 2.45) is 5.73 Å². The lowest BCUT2D eigenvalue weighted by Crippen LogP contribution is -2.33. The van der Waals surface area contributed by atoms with Gasteiger partial charge in [0, 0.05) is 29.8 Å². The molecule has 2 aromatic rings. The van der Waals surface area contributed by atoms with Crippen molar-refractivity contribution >= 4 is 23.2 Å². The van der Waals surface area contributed by atoms with Crippen LogP contribution in [0.3, 0.4) is 0 Å². The standard InChI is InChI=1S/C17H21FN2OS.C2HF3O2/c1-11(2)20(12(3)15-6-7-22-10-15)9-14-5-4-13(17(19)21)8-16(14)18;3-2(4,5)1(6)7/h4-8,10-12H,9H2,1-3H3,(H2,19,21);(H,6,7). The molecule has 0 radical (unpaired) electrons. The van der Waals surface area contributed by atoms with Crippen molar-refractivity contribution < 1.29 is 32.3 Å². The molecule has 5 nitrogen and oxygen atoms in total. The number of rotatable bonds is 6. The van der Waals surface area contributed by atoms with Gasteiger partial charge in [-0.3, -0.25) is 9.69 Å². The molecular weight excluding hydrogens is 412 g/mol. The average molecular weight is 434 g/mol. The van der Waals surface area contributed by atoms with Gasteiger partial charge in [-0.2, -0.15) is 24.5 Å². The van der Waals surface area contributed by atoms with Gasteiger partial charge < -0.3 is 10.8 Å². The lowest BCUT2D eigenvalue weighted by atomic mass is 10.1. The summed E-state index contributed by atoms with van der Waals surface area (Å²) in [6, 6.07) is 6.99. The second kappa shape index (κ2) is 10.4. The highest BCUT2D eigenvalue weighted by Gasteiger charge is 2.38. The number of amides is 1. The van der Waals surface area contributed by atoms with Gasteiger partial charge in [0.2, 0.25) is 5.91 Å². The van der Waals surface area contributed by atoms with E-state index in [1.54, 1.807) is 23.5 Å². The third-order valence-electron chi connectivity index (χ3n) is 4.12. The Hall–Kier alpha value is -2.46. The zero-order valence-electron chi connectivity index (χ0n) is 16.0. The zero-order chi connectivity index (χ0) is 22.4. The quantitative estimate of drug-likeness (QED) is 0.652. The van der Waals surface area contributed by atoms with Gasteiger partial charge in [-0.1, -0.05) is 6.07 Å². The third kappa shape index (κ3) is 7.47. The van der Waals surface area contributed by atoms with E-state index in [0.29, 0.717) is 12.1 Å². The van der Waals surface area contributed by atoms with Crippen LogP contribution in [0.25, 0.3) is 0 Å². The van der Waals surface area contributed by atoms with E-state index >= 15 is 0 Å². The van der Waals surface area contributed by atoms with E-state index in [2.05, 4.69) is 37.1 Å². The Morgan fingerprint density at radius 3 is 2.17 bits per heavy atom. The lowest BCUT2D eigenvalue weighted by Gasteiger charge is -2.32. The van der Waals surface area contributed by atoms with Crippen molar-refractivity contribution in [2.45, 2.75) is 45.6 Å². The average Bonchev–Trinajstić information content (AvgIpc) is 3.14. The van der Waals surface area contributed by atoms with Crippen molar-refractivity contribution in [3.05, 3.63) is 57.5 Å². The fraction of sp³-hybridized carbons (Fsp3) is 0.368. The summed E-state index contributed by atoms with van der Waals surface area (Å²) in [6.45, 7) is 6.80. The van der Waals surface area contributed by atoms with Gasteiger partial charge in [0.15, 0.2) is 0 Å². The van der Waals surface area contributed by atoms with Crippen LogP contribution < -0.4 is 5.73 Å². The number of carboxylic acid groups (broad SMARTS) is 1. The highest BCUT2D eigenvalue weighted by Crippen LogP contribution is 2.27. The van der Waals surface area contributed by atoms with E-state index in [9.17, 15) is 22.4 Å². The smallest absolute Gasteiger partial charge is 0.475 e. The van der Waals surface area contributed by atoms with Gasteiger partial charge in [0.05, 0.1) is 0 Å². The van der Waals surface area contributed by atoms with Crippen molar-refractivity contribution in [3.8, 4) is 0 Å². The molecule has 29 heavy (non-hydrogen) atoms. The maximum Gasteiger partial charge on any atom is 0.490 e. The normalized spacial score (nSPS) is 12.4. The van der Waals surface area contributed by atoms with Gasteiger partial charge in [-0.15, -0.1) is 0 Å². The molecule has 0 saturated carbocycles. The van der Waals surface area contributed by atoms with Gasteiger partial charge in [0.25, 0.3) is 0 Å². The number of carbonyl (C=O) groups excluding carboxylic acids is 1. The summed E-state index contributed by atoms with van der Waals surface area (Å²) in [5, 5.41) is 11.3. The van der Waals surface area contributed by atoms with Gasteiger partial charge in [-0.25, -0.2) is 9.18 Å².